The summed E-state index contributed by atoms with van der Waals surface area (Å²) in [6.07, 6.45) is 2.92. The smallest absolute Gasteiger partial charge is 0.412 e. The highest BCUT2D eigenvalue weighted by molar-refractivity contribution is 7.06. The number of nitrogens with one attached hydrogen (secondary N) is 1. The van der Waals surface area contributed by atoms with Crippen LogP contribution in [0, 0.1) is 6.92 Å². The molecule has 4 rings (SSSR count). The van der Waals surface area contributed by atoms with Crippen molar-refractivity contribution < 1.29 is 19.0 Å². The van der Waals surface area contributed by atoms with Crippen LogP contribution in [0.2, 0.25) is 0 Å². The Morgan fingerprint density at radius 1 is 1.25 bits per heavy atom. The Hall–Kier alpha value is -1.96. The van der Waals surface area contributed by atoms with Crippen LogP contribution in [-0.4, -0.2) is 29.5 Å². The molecule has 1 N–H and O–H groups in total. The first-order valence-electron chi connectivity index (χ1n) is 9.83. The minimum Gasteiger partial charge on any atom is -0.441 e. The van der Waals surface area contributed by atoms with E-state index in [9.17, 15) is 4.79 Å². The van der Waals surface area contributed by atoms with Crippen LogP contribution < -0.4 is 5.32 Å². The highest BCUT2D eigenvalue weighted by Gasteiger charge is 2.41. The van der Waals surface area contributed by atoms with Gasteiger partial charge in [0.1, 0.15) is 6.10 Å². The fourth-order valence-electron chi connectivity index (χ4n) is 4.01. The number of hydrogen-bond acceptors (Lipinski definition) is 6. The molecule has 2 aliphatic rings. The first-order chi connectivity index (χ1) is 13.6. The van der Waals surface area contributed by atoms with E-state index in [-0.39, 0.29) is 11.9 Å². The van der Waals surface area contributed by atoms with E-state index < -0.39 is 6.09 Å². The number of nitrogens with zero attached hydrogens (tertiary/aromatic N) is 1. The predicted octanol–water partition coefficient (Wildman–Crippen LogP) is 5.16. The Morgan fingerprint density at radius 3 is 2.61 bits per heavy atom. The molecule has 2 fully saturated rings. The molecule has 2 aromatic rings. The van der Waals surface area contributed by atoms with E-state index in [1.807, 2.05) is 44.2 Å². The summed E-state index contributed by atoms with van der Waals surface area (Å²) in [5.74, 6) is -0.0279. The molecular weight excluding hydrogens is 376 g/mol. The van der Waals surface area contributed by atoms with Crippen molar-refractivity contribution in [3.8, 4) is 0 Å². The van der Waals surface area contributed by atoms with E-state index in [4.69, 9.17) is 14.2 Å². The molecule has 1 aromatic heterocycles. The zero-order chi connectivity index (χ0) is 19.6. The quantitative estimate of drug-likeness (QED) is 0.765. The summed E-state index contributed by atoms with van der Waals surface area (Å²) in [4.78, 5) is 13.6. The molecule has 6 nitrogen and oxygen atoms in total. The molecular formula is C21H26N2O4S. The maximum Gasteiger partial charge on any atom is 0.412 e. The van der Waals surface area contributed by atoms with Gasteiger partial charge in [-0.1, -0.05) is 30.3 Å². The lowest BCUT2D eigenvalue weighted by molar-refractivity contribution is -0.178. The number of aryl methyl sites for hydroxylation is 1. The normalized spacial score (nSPS) is 20.2. The molecule has 1 amide bonds. The average Bonchev–Trinajstić information content (AvgIpc) is 3.31. The lowest BCUT2D eigenvalue weighted by Crippen LogP contribution is -2.34. The Labute approximate surface area is 169 Å². The SMILES string of the molecule is Cc1nsc(C2CCC3(CC2)OCCO3)c1NC(=O)O[C@H](C)c1ccccc1. The monoisotopic (exact) mass is 402 g/mol. The van der Waals surface area contributed by atoms with Gasteiger partial charge in [-0.15, -0.1) is 0 Å². The topological polar surface area (TPSA) is 69.7 Å². The van der Waals surface area contributed by atoms with E-state index in [2.05, 4.69) is 9.69 Å². The first-order valence-corrected chi connectivity index (χ1v) is 10.6. The van der Waals surface area contributed by atoms with Gasteiger partial charge < -0.3 is 14.2 Å². The number of rotatable bonds is 4. The van der Waals surface area contributed by atoms with Gasteiger partial charge in [0, 0.05) is 12.8 Å². The van der Waals surface area contributed by atoms with Crippen LogP contribution in [0.4, 0.5) is 10.5 Å². The molecule has 2 heterocycles. The van der Waals surface area contributed by atoms with Crippen LogP contribution >= 0.6 is 11.5 Å². The maximum atomic E-state index is 12.5. The minimum absolute atomic E-state index is 0.317. The van der Waals surface area contributed by atoms with Gasteiger partial charge in [-0.3, -0.25) is 5.32 Å². The van der Waals surface area contributed by atoms with Gasteiger partial charge in [0.15, 0.2) is 5.79 Å². The standard InChI is InChI=1S/C21H26N2O4S/c1-14-18(22-20(24)27-15(2)16-6-4-3-5-7-16)19(28-23-14)17-8-10-21(11-9-17)25-12-13-26-21/h3-7,15,17H,8-13H2,1-2H3,(H,22,24)/t15-/m1/s1. The Bertz CT molecular complexity index is 807. The summed E-state index contributed by atoms with van der Waals surface area (Å²) < 4.78 is 21.7. The van der Waals surface area contributed by atoms with Gasteiger partial charge in [0.05, 0.1) is 29.5 Å². The third-order valence-corrected chi connectivity index (χ3v) is 6.70. The van der Waals surface area contributed by atoms with E-state index in [0.717, 1.165) is 47.5 Å². The van der Waals surface area contributed by atoms with E-state index >= 15 is 0 Å². The van der Waals surface area contributed by atoms with Crippen molar-refractivity contribution in [2.75, 3.05) is 18.5 Å². The van der Waals surface area contributed by atoms with Crippen LogP contribution in [0.1, 0.15) is 60.8 Å². The number of amides is 1. The van der Waals surface area contributed by atoms with Crippen molar-refractivity contribution in [2.24, 2.45) is 0 Å². The van der Waals surface area contributed by atoms with Crippen molar-refractivity contribution >= 4 is 23.3 Å². The van der Waals surface area contributed by atoms with Crippen LogP contribution in [0.15, 0.2) is 30.3 Å². The second-order valence-corrected chi connectivity index (χ2v) is 8.28. The van der Waals surface area contributed by atoms with Crippen molar-refractivity contribution in [1.29, 1.82) is 0 Å². The third-order valence-electron chi connectivity index (χ3n) is 5.60. The van der Waals surface area contributed by atoms with Gasteiger partial charge in [-0.25, -0.2) is 4.79 Å². The molecule has 1 saturated heterocycles. The second kappa shape index (κ2) is 8.19. The maximum absolute atomic E-state index is 12.5. The van der Waals surface area contributed by atoms with Gasteiger partial charge in [-0.05, 0) is 49.7 Å². The number of aromatic nitrogens is 1. The van der Waals surface area contributed by atoms with Crippen molar-refractivity contribution in [2.45, 2.75) is 57.3 Å². The van der Waals surface area contributed by atoms with Gasteiger partial charge in [0.2, 0.25) is 0 Å². The molecule has 1 spiro atoms. The number of carbonyl (C=O) groups excluding carboxylic acids is 1. The Morgan fingerprint density at radius 2 is 1.93 bits per heavy atom. The number of carbonyl (C=O) groups is 1. The number of benzene rings is 1. The summed E-state index contributed by atoms with van der Waals surface area (Å²) in [5, 5.41) is 2.94. The lowest BCUT2D eigenvalue weighted by atomic mass is 9.83. The van der Waals surface area contributed by atoms with Crippen LogP contribution in [0.5, 0.6) is 0 Å². The minimum atomic E-state index is -0.448. The largest absolute Gasteiger partial charge is 0.441 e. The summed E-state index contributed by atoms with van der Waals surface area (Å²) >= 11 is 1.47. The summed E-state index contributed by atoms with van der Waals surface area (Å²) in [6.45, 7) is 5.16. The average molecular weight is 403 g/mol. The summed E-state index contributed by atoms with van der Waals surface area (Å²) in [5.41, 5.74) is 2.59. The Balaban J connectivity index is 1.40. The number of ether oxygens (including phenoxy) is 3. The zero-order valence-corrected chi connectivity index (χ0v) is 17.1. The van der Waals surface area contributed by atoms with Gasteiger partial charge in [-0.2, -0.15) is 4.37 Å². The van der Waals surface area contributed by atoms with E-state index in [1.165, 1.54) is 11.5 Å². The molecule has 28 heavy (non-hydrogen) atoms. The lowest BCUT2D eigenvalue weighted by Gasteiger charge is -2.35. The van der Waals surface area contributed by atoms with Crippen LogP contribution in [-0.2, 0) is 14.2 Å². The fraction of sp³-hybridized carbons (Fsp3) is 0.524. The van der Waals surface area contributed by atoms with E-state index in [0.29, 0.717) is 19.1 Å². The summed E-state index contributed by atoms with van der Waals surface area (Å²) in [7, 11) is 0. The molecule has 1 aliphatic carbocycles. The van der Waals surface area contributed by atoms with Gasteiger partial charge in [0.25, 0.3) is 0 Å². The molecule has 7 heteroatoms. The third kappa shape index (κ3) is 4.06. The predicted molar refractivity (Wildman–Crippen MR) is 108 cm³/mol. The number of anilines is 1. The summed E-state index contributed by atoms with van der Waals surface area (Å²) in [6, 6.07) is 9.72. The molecule has 1 aliphatic heterocycles. The Kier molecular flexibility index (Phi) is 5.66. The zero-order valence-electron chi connectivity index (χ0n) is 16.3. The second-order valence-electron chi connectivity index (χ2n) is 7.47. The van der Waals surface area contributed by atoms with Crippen molar-refractivity contribution in [3.05, 3.63) is 46.5 Å². The van der Waals surface area contributed by atoms with Crippen molar-refractivity contribution in [1.82, 2.24) is 4.37 Å². The van der Waals surface area contributed by atoms with Crippen LogP contribution in [0.3, 0.4) is 0 Å². The highest BCUT2D eigenvalue weighted by Crippen LogP contribution is 2.45. The molecule has 1 saturated carbocycles. The molecule has 1 aromatic carbocycles. The van der Waals surface area contributed by atoms with Crippen LogP contribution in [0.25, 0.3) is 0 Å². The number of hydrogen-bond donors (Lipinski definition) is 1. The molecule has 0 unspecified atom stereocenters. The fourth-order valence-corrected chi connectivity index (χ4v) is 5.01. The van der Waals surface area contributed by atoms with Gasteiger partial charge >= 0.3 is 6.09 Å². The highest BCUT2D eigenvalue weighted by atomic mass is 32.1. The first kappa shape index (κ1) is 19.4. The van der Waals surface area contributed by atoms with Crippen molar-refractivity contribution in [3.63, 3.8) is 0 Å². The molecule has 0 bridgehead atoms. The molecule has 1 atom stereocenters. The molecule has 0 radical (unpaired) electrons. The van der Waals surface area contributed by atoms with E-state index in [1.54, 1.807) is 0 Å². The molecule has 150 valence electrons.